The lowest BCUT2D eigenvalue weighted by molar-refractivity contribution is 0.947. The topological polar surface area (TPSA) is 89.6 Å². The number of nitrogens with zero attached hydrogens (tertiary/aromatic N) is 4. The van der Waals surface area contributed by atoms with Crippen molar-refractivity contribution in [3.05, 3.63) is 59.2 Å². The molecule has 4 aromatic rings. The molecule has 0 spiro atoms. The number of aromatic nitrogens is 4. The second-order valence-corrected chi connectivity index (χ2v) is 5.96. The van der Waals surface area contributed by atoms with E-state index in [0.29, 0.717) is 24.0 Å². The Morgan fingerprint density at radius 3 is 2.79 bits per heavy atom. The Morgan fingerprint density at radius 2 is 1.96 bits per heavy atom. The molecule has 6 nitrogen and oxygen atoms in total. The zero-order valence-electron chi connectivity index (χ0n) is 12.7. The minimum absolute atomic E-state index is 0.440. The summed E-state index contributed by atoms with van der Waals surface area (Å²) in [5, 5.41) is 8.32. The zero-order valence-corrected chi connectivity index (χ0v) is 13.5. The molecule has 0 fully saturated rings. The van der Waals surface area contributed by atoms with Crippen LogP contribution < -0.4 is 11.1 Å². The first kappa shape index (κ1) is 14.5. The highest BCUT2D eigenvalue weighted by atomic mass is 32.1. The lowest BCUT2D eigenvalue weighted by Crippen LogP contribution is -2.08. The highest BCUT2D eigenvalue weighted by Gasteiger charge is 2.10. The lowest BCUT2D eigenvalue weighted by atomic mass is 10.2. The van der Waals surface area contributed by atoms with Crippen LogP contribution in [0.15, 0.2) is 53.4 Å². The molecule has 0 saturated carbocycles. The quantitative estimate of drug-likeness (QED) is 0.595. The highest BCUT2D eigenvalue weighted by Crippen LogP contribution is 2.26. The zero-order chi connectivity index (χ0) is 16.4. The molecule has 24 heavy (non-hydrogen) atoms. The summed E-state index contributed by atoms with van der Waals surface area (Å²) in [6, 6.07) is 11.6. The van der Waals surface area contributed by atoms with Crippen LogP contribution in [0.25, 0.3) is 22.3 Å². The van der Waals surface area contributed by atoms with Gasteiger partial charge in [0, 0.05) is 22.5 Å². The SMILES string of the molecule is Nc1ccnc(CNc2nc(-c3ccsc3)nc3ccccc23)n1. The van der Waals surface area contributed by atoms with Crippen LogP contribution in [0, 0.1) is 0 Å². The van der Waals surface area contributed by atoms with Crippen molar-refractivity contribution >= 4 is 33.9 Å². The fraction of sp³-hybridized carbons (Fsp3) is 0.0588. The van der Waals surface area contributed by atoms with Gasteiger partial charge in [0.05, 0.1) is 12.1 Å². The molecule has 0 bridgehead atoms. The van der Waals surface area contributed by atoms with Crippen LogP contribution in [0.5, 0.6) is 0 Å². The van der Waals surface area contributed by atoms with Gasteiger partial charge in [-0.1, -0.05) is 12.1 Å². The van der Waals surface area contributed by atoms with E-state index in [0.717, 1.165) is 22.3 Å². The maximum atomic E-state index is 5.70. The second kappa shape index (κ2) is 6.21. The third-order valence-electron chi connectivity index (χ3n) is 3.52. The summed E-state index contributed by atoms with van der Waals surface area (Å²) in [4.78, 5) is 17.7. The van der Waals surface area contributed by atoms with Crippen molar-refractivity contribution in [2.75, 3.05) is 11.1 Å². The van der Waals surface area contributed by atoms with Gasteiger partial charge in [0.25, 0.3) is 0 Å². The number of fused-ring (bicyclic) bond motifs is 1. The Bertz CT molecular complexity index is 983. The second-order valence-electron chi connectivity index (χ2n) is 5.18. The van der Waals surface area contributed by atoms with E-state index in [1.165, 1.54) is 0 Å². The number of para-hydroxylation sites is 1. The highest BCUT2D eigenvalue weighted by molar-refractivity contribution is 7.08. The van der Waals surface area contributed by atoms with Crippen molar-refractivity contribution in [2.24, 2.45) is 0 Å². The van der Waals surface area contributed by atoms with Gasteiger partial charge in [0.2, 0.25) is 0 Å². The number of thiophene rings is 1. The van der Waals surface area contributed by atoms with Gasteiger partial charge in [-0.3, -0.25) is 0 Å². The fourth-order valence-corrected chi connectivity index (χ4v) is 3.03. The van der Waals surface area contributed by atoms with Gasteiger partial charge in [-0.2, -0.15) is 11.3 Å². The number of benzene rings is 1. The largest absolute Gasteiger partial charge is 0.384 e. The Kier molecular flexibility index (Phi) is 3.76. The van der Waals surface area contributed by atoms with Crippen molar-refractivity contribution in [1.82, 2.24) is 19.9 Å². The predicted molar refractivity (Wildman–Crippen MR) is 96.6 cm³/mol. The molecule has 0 amide bonds. The summed E-state index contributed by atoms with van der Waals surface area (Å²) in [7, 11) is 0. The summed E-state index contributed by atoms with van der Waals surface area (Å²) in [5.41, 5.74) is 7.60. The molecule has 118 valence electrons. The molecule has 0 atom stereocenters. The number of nitrogens with two attached hydrogens (primary N) is 1. The average molecular weight is 334 g/mol. The number of hydrogen-bond acceptors (Lipinski definition) is 7. The van der Waals surface area contributed by atoms with E-state index in [1.807, 2.05) is 41.1 Å². The molecule has 3 N–H and O–H groups in total. The van der Waals surface area contributed by atoms with Crippen LogP contribution in [-0.4, -0.2) is 19.9 Å². The number of nitrogens with one attached hydrogen (secondary N) is 1. The van der Waals surface area contributed by atoms with Crippen molar-refractivity contribution in [2.45, 2.75) is 6.54 Å². The molecular formula is C17H14N6S. The number of hydrogen-bond donors (Lipinski definition) is 2. The molecular weight excluding hydrogens is 320 g/mol. The van der Waals surface area contributed by atoms with E-state index < -0.39 is 0 Å². The lowest BCUT2D eigenvalue weighted by Gasteiger charge is -2.10. The Labute approximate surface area is 142 Å². The third kappa shape index (κ3) is 2.89. The van der Waals surface area contributed by atoms with Crippen molar-refractivity contribution in [3.8, 4) is 11.4 Å². The molecule has 0 aliphatic carbocycles. The first-order valence-corrected chi connectivity index (χ1v) is 8.34. The summed E-state index contributed by atoms with van der Waals surface area (Å²) >= 11 is 1.62. The van der Waals surface area contributed by atoms with Gasteiger partial charge < -0.3 is 11.1 Å². The maximum absolute atomic E-state index is 5.70. The Morgan fingerprint density at radius 1 is 1.04 bits per heavy atom. The predicted octanol–water partition coefficient (Wildman–Crippen LogP) is 3.34. The molecule has 3 aromatic heterocycles. The van der Waals surface area contributed by atoms with Gasteiger partial charge in [0.15, 0.2) is 5.82 Å². The van der Waals surface area contributed by atoms with E-state index in [-0.39, 0.29) is 0 Å². The number of rotatable bonds is 4. The van der Waals surface area contributed by atoms with E-state index in [2.05, 4.69) is 25.3 Å². The van der Waals surface area contributed by atoms with Gasteiger partial charge in [-0.15, -0.1) is 0 Å². The average Bonchev–Trinajstić information content (AvgIpc) is 3.14. The molecule has 0 saturated heterocycles. The minimum atomic E-state index is 0.440. The molecule has 0 aliphatic rings. The number of anilines is 2. The minimum Gasteiger partial charge on any atom is -0.384 e. The molecule has 7 heteroatoms. The molecule has 0 aliphatic heterocycles. The van der Waals surface area contributed by atoms with Crippen molar-refractivity contribution in [1.29, 1.82) is 0 Å². The smallest absolute Gasteiger partial charge is 0.162 e. The van der Waals surface area contributed by atoms with Crippen molar-refractivity contribution < 1.29 is 0 Å². The maximum Gasteiger partial charge on any atom is 0.162 e. The molecule has 3 heterocycles. The Hall–Kier alpha value is -3.06. The van der Waals surface area contributed by atoms with E-state index in [9.17, 15) is 0 Å². The molecule has 1 aromatic carbocycles. The fourth-order valence-electron chi connectivity index (χ4n) is 2.39. The first-order chi connectivity index (χ1) is 11.8. The van der Waals surface area contributed by atoms with E-state index in [1.54, 1.807) is 23.6 Å². The van der Waals surface area contributed by atoms with Crippen LogP contribution >= 0.6 is 11.3 Å². The monoisotopic (exact) mass is 334 g/mol. The summed E-state index contributed by atoms with van der Waals surface area (Å²) in [5.74, 6) is 2.53. The van der Waals surface area contributed by atoms with Gasteiger partial charge >= 0.3 is 0 Å². The Balaban J connectivity index is 1.73. The molecule has 4 rings (SSSR count). The normalized spacial score (nSPS) is 10.8. The number of nitrogen functional groups attached to an aromatic ring is 1. The molecule has 0 radical (unpaired) electrons. The van der Waals surface area contributed by atoms with Crippen LogP contribution in [0.1, 0.15) is 5.82 Å². The third-order valence-corrected chi connectivity index (χ3v) is 4.21. The van der Waals surface area contributed by atoms with Gasteiger partial charge in [-0.25, -0.2) is 19.9 Å². The van der Waals surface area contributed by atoms with Gasteiger partial charge in [-0.05, 0) is 29.6 Å². The van der Waals surface area contributed by atoms with Crippen LogP contribution in [0.3, 0.4) is 0 Å². The van der Waals surface area contributed by atoms with Crippen LogP contribution in [-0.2, 0) is 6.54 Å². The van der Waals surface area contributed by atoms with E-state index >= 15 is 0 Å². The van der Waals surface area contributed by atoms with Crippen LogP contribution in [0.2, 0.25) is 0 Å². The summed E-state index contributed by atoms with van der Waals surface area (Å²) in [6.45, 7) is 0.440. The molecule has 0 unspecified atom stereocenters. The first-order valence-electron chi connectivity index (χ1n) is 7.40. The van der Waals surface area contributed by atoms with Gasteiger partial charge in [0.1, 0.15) is 17.5 Å². The summed E-state index contributed by atoms with van der Waals surface area (Å²) in [6.07, 6.45) is 1.65. The summed E-state index contributed by atoms with van der Waals surface area (Å²) < 4.78 is 0. The van der Waals surface area contributed by atoms with E-state index in [4.69, 9.17) is 5.73 Å². The van der Waals surface area contributed by atoms with Crippen molar-refractivity contribution in [3.63, 3.8) is 0 Å². The van der Waals surface area contributed by atoms with Crippen LogP contribution in [0.4, 0.5) is 11.6 Å². The standard InChI is InChI=1S/C17H14N6S/c18-14-5-7-19-15(22-14)9-20-17-12-3-1-2-4-13(12)21-16(23-17)11-6-8-24-10-11/h1-8,10H,9H2,(H2,18,19,22)(H,20,21,23).